The Hall–Kier alpha value is -2.31. The second-order valence-corrected chi connectivity index (χ2v) is 14.0. The van der Waals surface area contributed by atoms with Crippen molar-refractivity contribution in [1.82, 2.24) is 29.5 Å². The summed E-state index contributed by atoms with van der Waals surface area (Å²) in [6.07, 6.45) is 1.88. The number of nitrogens with one attached hydrogen (secondary N) is 1. The standard InChI is InChI=1S/C28H36BrClN6O3S/c1-17(2)27(32-40(38,39)24-9-7-18(3)19(4)11-24)28(37)34-13-20(5)35(21(6)14-34)15-23-16-36(33-31-23)26-12-22(30)8-10-25(26)29/h7-12,16-17,20-21,27,32H,13-15H2,1-6H3/t20-,21+,27?. The van der Waals surface area contributed by atoms with Crippen molar-refractivity contribution in [2.45, 2.75) is 71.1 Å². The molecule has 0 bridgehead atoms. The van der Waals surface area contributed by atoms with Gasteiger partial charge < -0.3 is 4.90 Å². The summed E-state index contributed by atoms with van der Waals surface area (Å²) >= 11 is 9.70. The molecule has 3 aromatic rings. The van der Waals surface area contributed by atoms with Gasteiger partial charge in [-0.2, -0.15) is 4.72 Å². The Kier molecular flexibility index (Phi) is 9.41. The molecule has 1 amide bonds. The molecule has 0 saturated carbocycles. The number of piperazine rings is 1. The van der Waals surface area contributed by atoms with Crippen LogP contribution in [-0.4, -0.2) is 70.3 Å². The number of nitrogens with zero attached hydrogens (tertiary/aromatic N) is 5. The molecule has 4 rings (SSSR count). The van der Waals surface area contributed by atoms with Gasteiger partial charge in [-0.15, -0.1) is 5.10 Å². The summed E-state index contributed by atoms with van der Waals surface area (Å²) in [7, 11) is -3.87. The largest absolute Gasteiger partial charge is 0.338 e. The van der Waals surface area contributed by atoms with Gasteiger partial charge in [0.2, 0.25) is 15.9 Å². The van der Waals surface area contributed by atoms with E-state index in [1.54, 1.807) is 33.8 Å². The van der Waals surface area contributed by atoms with Crippen molar-refractivity contribution in [2.24, 2.45) is 5.92 Å². The number of carbonyl (C=O) groups is 1. The predicted octanol–water partition coefficient (Wildman–Crippen LogP) is 4.72. The van der Waals surface area contributed by atoms with Gasteiger partial charge in [0.25, 0.3) is 0 Å². The van der Waals surface area contributed by atoms with Crippen molar-refractivity contribution in [3.8, 4) is 5.69 Å². The van der Waals surface area contributed by atoms with Gasteiger partial charge >= 0.3 is 0 Å². The van der Waals surface area contributed by atoms with Gasteiger partial charge in [-0.05, 0) is 91.0 Å². The minimum atomic E-state index is -3.87. The average Bonchev–Trinajstić information content (AvgIpc) is 3.35. The number of halogens is 2. The SMILES string of the molecule is Cc1ccc(S(=O)(=O)NC(C(=O)N2C[C@@H](C)N(Cc3cn(-c4cc(Cl)ccc4Br)nn3)[C@@H](C)C2)C(C)C)cc1C. The first-order valence-corrected chi connectivity index (χ1v) is 15.9. The third-order valence-electron chi connectivity index (χ3n) is 7.46. The molecule has 0 aliphatic carbocycles. The van der Waals surface area contributed by atoms with Crippen LogP contribution < -0.4 is 4.72 Å². The quantitative estimate of drug-likeness (QED) is 0.378. The number of hydrogen-bond acceptors (Lipinski definition) is 6. The highest BCUT2D eigenvalue weighted by molar-refractivity contribution is 9.10. The molecule has 2 heterocycles. The molecule has 1 unspecified atom stereocenters. The number of carbonyl (C=O) groups excluding carboxylic acids is 1. The van der Waals surface area contributed by atoms with Crippen LogP contribution in [0, 0.1) is 19.8 Å². The van der Waals surface area contributed by atoms with Crippen LogP contribution in [0.5, 0.6) is 0 Å². The van der Waals surface area contributed by atoms with E-state index in [2.05, 4.69) is 49.7 Å². The number of hydrogen-bond donors (Lipinski definition) is 1. The van der Waals surface area contributed by atoms with Crippen LogP contribution in [0.3, 0.4) is 0 Å². The van der Waals surface area contributed by atoms with E-state index in [1.165, 1.54) is 0 Å². The van der Waals surface area contributed by atoms with E-state index in [0.29, 0.717) is 24.7 Å². The van der Waals surface area contributed by atoms with E-state index in [0.717, 1.165) is 27.0 Å². The zero-order valence-electron chi connectivity index (χ0n) is 23.6. The van der Waals surface area contributed by atoms with Gasteiger partial charge in [-0.1, -0.05) is 36.7 Å². The van der Waals surface area contributed by atoms with Gasteiger partial charge in [0.15, 0.2) is 0 Å². The fourth-order valence-electron chi connectivity index (χ4n) is 4.97. The van der Waals surface area contributed by atoms with Crippen molar-refractivity contribution >= 4 is 43.5 Å². The van der Waals surface area contributed by atoms with Crippen LogP contribution in [0.15, 0.2) is 52.0 Å². The lowest BCUT2D eigenvalue weighted by Gasteiger charge is -2.45. The third-order valence-corrected chi connectivity index (χ3v) is 9.80. The van der Waals surface area contributed by atoms with Gasteiger partial charge in [-0.3, -0.25) is 9.69 Å². The predicted molar refractivity (Wildman–Crippen MR) is 160 cm³/mol. The fraction of sp³-hybridized carbons (Fsp3) is 0.464. The zero-order valence-corrected chi connectivity index (χ0v) is 26.8. The van der Waals surface area contributed by atoms with Crippen molar-refractivity contribution in [3.05, 3.63) is 68.9 Å². The topological polar surface area (TPSA) is 100 Å². The van der Waals surface area contributed by atoms with E-state index in [-0.39, 0.29) is 28.8 Å². The maximum Gasteiger partial charge on any atom is 0.241 e. The molecule has 1 aliphatic heterocycles. The van der Waals surface area contributed by atoms with Gasteiger partial charge in [0.05, 0.1) is 22.5 Å². The fourth-order valence-corrected chi connectivity index (χ4v) is 6.99. The van der Waals surface area contributed by atoms with Crippen LogP contribution in [0.25, 0.3) is 5.69 Å². The Morgan fingerprint density at radius 2 is 1.77 bits per heavy atom. The molecular weight excluding hydrogens is 616 g/mol. The summed E-state index contributed by atoms with van der Waals surface area (Å²) in [5.41, 5.74) is 3.49. The Balaban J connectivity index is 1.45. The summed E-state index contributed by atoms with van der Waals surface area (Å²) in [4.78, 5) is 17.9. The van der Waals surface area contributed by atoms with Crippen molar-refractivity contribution in [2.75, 3.05) is 13.1 Å². The first-order valence-electron chi connectivity index (χ1n) is 13.3. The molecule has 1 aromatic heterocycles. The smallest absolute Gasteiger partial charge is 0.241 e. The van der Waals surface area contributed by atoms with E-state index >= 15 is 0 Å². The summed E-state index contributed by atoms with van der Waals surface area (Å²) < 4.78 is 31.7. The van der Waals surface area contributed by atoms with E-state index < -0.39 is 16.1 Å². The molecule has 2 aromatic carbocycles. The molecule has 0 spiro atoms. The van der Waals surface area contributed by atoms with Gasteiger partial charge in [0.1, 0.15) is 6.04 Å². The molecule has 0 radical (unpaired) electrons. The number of aryl methyl sites for hydroxylation is 2. The minimum absolute atomic E-state index is 0.0277. The van der Waals surface area contributed by atoms with Crippen LogP contribution in [0.2, 0.25) is 5.02 Å². The lowest BCUT2D eigenvalue weighted by Crippen LogP contribution is -2.61. The molecule has 40 heavy (non-hydrogen) atoms. The maximum atomic E-state index is 13.7. The highest BCUT2D eigenvalue weighted by Gasteiger charge is 2.37. The number of amides is 1. The monoisotopic (exact) mass is 650 g/mol. The summed E-state index contributed by atoms with van der Waals surface area (Å²) in [6, 6.07) is 9.68. The zero-order chi connectivity index (χ0) is 29.4. The molecular formula is C28H36BrClN6O3S. The second-order valence-electron chi connectivity index (χ2n) is 11.0. The first-order chi connectivity index (χ1) is 18.8. The molecule has 1 aliphatic rings. The number of benzene rings is 2. The number of aromatic nitrogens is 3. The van der Waals surface area contributed by atoms with Crippen LogP contribution in [0.4, 0.5) is 0 Å². The lowest BCUT2D eigenvalue weighted by atomic mass is 10.0. The Bertz CT molecular complexity index is 1480. The van der Waals surface area contributed by atoms with E-state index in [9.17, 15) is 13.2 Å². The van der Waals surface area contributed by atoms with E-state index in [4.69, 9.17) is 11.6 Å². The summed E-state index contributed by atoms with van der Waals surface area (Å²) in [6.45, 7) is 13.2. The number of sulfonamides is 1. The summed E-state index contributed by atoms with van der Waals surface area (Å²) in [5.74, 6) is -0.434. The van der Waals surface area contributed by atoms with E-state index in [1.807, 2.05) is 46.0 Å². The summed E-state index contributed by atoms with van der Waals surface area (Å²) in [5, 5.41) is 9.25. The first kappa shape index (κ1) is 30.6. The molecule has 3 atom stereocenters. The maximum absolute atomic E-state index is 13.7. The van der Waals surface area contributed by atoms with Gasteiger partial charge in [0, 0.05) is 41.2 Å². The molecule has 1 fully saturated rings. The van der Waals surface area contributed by atoms with Crippen LogP contribution in [0.1, 0.15) is 44.5 Å². The van der Waals surface area contributed by atoms with Gasteiger partial charge in [-0.25, -0.2) is 13.1 Å². The molecule has 216 valence electrons. The lowest BCUT2D eigenvalue weighted by molar-refractivity contribution is -0.138. The highest BCUT2D eigenvalue weighted by atomic mass is 79.9. The Labute approximate surface area is 250 Å². The normalized spacial score (nSPS) is 19.3. The molecule has 1 saturated heterocycles. The van der Waals surface area contributed by atoms with Crippen LogP contribution >= 0.6 is 27.5 Å². The Morgan fingerprint density at radius 1 is 1.10 bits per heavy atom. The van der Waals surface area contributed by atoms with Crippen LogP contribution in [-0.2, 0) is 21.4 Å². The highest BCUT2D eigenvalue weighted by Crippen LogP contribution is 2.26. The average molecular weight is 652 g/mol. The number of rotatable bonds is 8. The Morgan fingerprint density at radius 3 is 2.40 bits per heavy atom. The molecule has 1 N–H and O–H groups in total. The van der Waals surface area contributed by atoms with Crippen molar-refractivity contribution < 1.29 is 13.2 Å². The second kappa shape index (κ2) is 12.3. The minimum Gasteiger partial charge on any atom is -0.338 e. The molecule has 9 nitrogen and oxygen atoms in total. The van der Waals surface area contributed by atoms with Crippen molar-refractivity contribution in [3.63, 3.8) is 0 Å². The third kappa shape index (κ3) is 6.76. The van der Waals surface area contributed by atoms with Crippen molar-refractivity contribution in [1.29, 1.82) is 0 Å². The molecule has 12 heteroatoms.